The van der Waals surface area contributed by atoms with E-state index in [2.05, 4.69) is 4.99 Å². The SMILES string of the molecule is CC(=Nc1ccccc1C(=O)[OH2+])c1c([OH2+])ccc2c(C)cc(=O)oc12.[Cu+2].[OH-]. The molecule has 3 rings (SSSR count). The summed E-state index contributed by atoms with van der Waals surface area (Å²) in [6.45, 7) is 3.48. The van der Waals surface area contributed by atoms with Gasteiger partial charge in [-0.15, -0.1) is 0 Å². The number of nitrogens with zero attached hydrogens (tertiary/aromatic N) is 1. The van der Waals surface area contributed by atoms with Gasteiger partial charge in [-0.25, -0.2) is 4.79 Å². The first kappa shape index (κ1) is 22.1. The second-order valence-electron chi connectivity index (χ2n) is 5.66. The van der Waals surface area contributed by atoms with E-state index in [0.29, 0.717) is 22.5 Å². The molecule has 0 atom stereocenters. The summed E-state index contributed by atoms with van der Waals surface area (Å²) in [5.41, 5.74) is 1.89. The zero-order valence-electron chi connectivity index (χ0n) is 14.5. The Balaban J connectivity index is 0.00000182. The number of aliphatic imine (C=N–C) groups is 1. The molecule has 0 aliphatic carbocycles. The van der Waals surface area contributed by atoms with Crippen molar-refractivity contribution in [1.82, 2.24) is 0 Å². The van der Waals surface area contributed by atoms with Gasteiger partial charge >= 0.3 is 28.7 Å². The number of para-hydroxylation sites is 1. The molecule has 143 valence electrons. The molecule has 2 aromatic carbocycles. The minimum absolute atomic E-state index is 0. The molecule has 5 N–H and O–H groups in total. The van der Waals surface area contributed by atoms with Crippen molar-refractivity contribution >= 4 is 28.3 Å². The number of fused-ring (bicyclic) bond motifs is 1. The van der Waals surface area contributed by atoms with Crippen LogP contribution in [0.1, 0.15) is 28.4 Å². The summed E-state index contributed by atoms with van der Waals surface area (Å²) >= 11 is 0. The summed E-state index contributed by atoms with van der Waals surface area (Å²) in [5.74, 6) is -0.671. The number of aryl methyl sites for hydroxylation is 1. The van der Waals surface area contributed by atoms with E-state index in [1.807, 2.05) is 0 Å². The number of benzene rings is 2. The molecule has 0 saturated heterocycles. The molecular formula is C19H18CuNO6+3. The van der Waals surface area contributed by atoms with E-state index in [-0.39, 0.29) is 33.9 Å². The van der Waals surface area contributed by atoms with Gasteiger partial charge in [-0.3, -0.25) is 4.99 Å². The maximum absolute atomic E-state index is 11.8. The van der Waals surface area contributed by atoms with Gasteiger partial charge in [0, 0.05) is 22.3 Å². The average Bonchev–Trinajstić information content (AvgIpc) is 2.54. The fourth-order valence-electron chi connectivity index (χ4n) is 2.74. The van der Waals surface area contributed by atoms with Crippen molar-refractivity contribution in [1.29, 1.82) is 0 Å². The summed E-state index contributed by atoms with van der Waals surface area (Å²) in [6.07, 6.45) is 0. The third-order valence-corrected chi connectivity index (χ3v) is 3.92. The molecule has 3 aromatic rings. The molecule has 27 heavy (non-hydrogen) atoms. The summed E-state index contributed by atoms with van der Waals surface area (Å²) in [5, 5.41) is 16.2. The second kappa shape index (κ2) is 8.64. The summed E-state index contributed by atoms with van der Waals surface area (Å²) in [7, 11) is 0. The predicted molar refractivity (Wildman–Crippen MR) is 98.5 cm³/mol. The van der Waals surface area contributed by atoms with Crippen LogP contribution in [-0.2, 0) is 17.1 Å². The molecule has 0 saturated carbocycles. The first-order valence-electron chi connectivity index (χ1n) is 7.58. The van der Waals surface area contributed by atoms with E-state index in [1.165, 1.54) is 12.1 Å². The fraction of sp³-hybridized carbons (Fsp3) is 0.105. The fourth-order valence-corrected chi connectivity index (χ4v) is 2.74. The zero-order chi connectivity index (χ0) is 18.1. The van der Waals surface area contributed by atoms with Crippen LogP contribution >= 0.6 is 0 Å². The third kappa shape index (κ3) is 4.25. The van der Waals surface area contributed by atoms with Crippen LogP contribution in [0.4, 0.5) is 5.69 Å². The summed E-state index contributed by atoms with van der Waals surface area (Å²) in [6, 6.07) is 11.3. The van der Waals surface area contributed by atoms with Gasteiger partial charge in [0.05, 0.1) is 11.4 Å². The van der Waals surface area contributed by atoms with Gasteiger partial charge in [-0.2, -0.15) is 0 Å². The molecule has 1 radical (unpaired) electrons. The van der Waals surface area contributed by atoms with Crippen LogP contribution in [0.5, 0.6) is 5.75 Å². The van der Waals surface area contributed by atoms with Crippen LogP contribution in [0.15, 0.2) is 56.7 Å². The molecule has 0 bridgehead atoms. The van der Waals surface area contributed by atoms with Crippen LogP contribution in [0.3, 0.4) is 0 Å². The number of hydrogen-bond acceptors (Lipinski definition) is 5. The molecule has 0 unspecified atom stereocenters. The van der Waals surface area contributed by atoms with E-state index >= 15 is 0 Å². The van der Waals surface area contributed by atoms with Crippen LogP contribution in [0, 0.1) is 6.92 Å². The molecule has 0 aliphatic heterocycles. The average molecular weight is 420 g/mol. The van der Waals surface area contributed by atoms with Gasteiger partial charge in [0.25, 0.3) is 5.75 Å². The monoisotopic (exact) mass is 419 g/mol. The van der Waals surface area contributed by atoms with Crippen LogP contribution in [-0.4, -0.2) is 27.4 Å². The third-order valence-electron chi connectivity index (χ3n) is 3.92. The van der Waals surface area contributed by atoms with E-state index in [0.717, 1.165) is 10.9 Å². The number of rotatable bonds is 3. The topological polar surface area (TPSA) is 135 Å². The van der Waals surface area contributed by atoms with Crippen molar-refractivity contribution in [2.24, 2.45) is 4.99 Å². The molecule has 8 heteroatoms. The van der Waals surface area contributed by atoms with Gasteiger partial charge in [0.1, 0.15) is 11.1 Å². The van der Waals surface area contributed by atoms with Crippen molar-refractivity contribution in [3.63, 3.8) is 0 Å². The van der Waals surface area contributed by atoms with Crippen LogP contribution < -0.4 is 5.63 Å². The number of hydrogen-bond donors (Lipinski definition) is 0. The van der Waals surface area contributed by atoms with Crippen molar-refractivity contribution in [3.05, 3.63) is 69.6 Å². The van der Waals surface area contributed by atoms with Gasteiger partial charge in [-0.1, -0.05) is 12.1 Å². The minimum Gasteiger partial charge on any atom is -0.870 e. The van der Waals surface area contributed by atoms with Gasteiger partial charge in [-0.05, 0) is 37.6 Å². The van der Waals surface area contributed by atoms with E-state index in [1.54, 1.807) is 44.2 Å². The first-order valence-corrected chi connectivity index (χ1v) is 7.58. The molecule has 0 fully saturated rings. The molecule has 7 nitrogen and oxygen atoms in total. The normalized spacial score (nSPS) is 10.8. The van der Waals surface area contributed by atoms with Gasteiger partial charge in [0.2, 0.25) is 0 Å². The first-order chi connectivity index (χ1) is 11.9. The molecule has 1 heterocycles. The van der Waals surface area contributed by atoms with Crippen molar-refractivity contribution < 1.29 is 42.0 Å². The Morgan fingerprint density at radius 2 is 1.81 bits per heavy atom. The Morgan fingerprint density at radius 3 is 2.48 bits per heavy atom. The standard InChI is InChI=1S/C19H15NO5.Cu.H2O/c1-10-9-16(22)25-18-12(10)7-8-15(21)17(18)11(2)20-14-6-4-3-5-13(14)19(23)24;;/h3-9,21H,1-2H3,(H,23,24);;1H2/q;+2;/p+1. The largest absolute Gasteiger partial charge is 2.00 e. The van der Waals surface area contributed by atoms with E-state index in [9.17, 15) is 9.59 Å². The minimum atomic E-state index is -0.835. The van der Waals surface area contributed by atoms with Crippen molar-refractivity contribution in [3.8, 4) is 5.75 Å². The smallest absolute Gasteiger partial charge is 0.870 e. The molecular weight excluding hydrogens is 402 g/mol. The maximum atomic E-state index is 11.8. The summed E-state index contributed by atoms with van der Waals surface area (Å²) < 4.78 is 5.33. The van der Waals surface area contributed by atoms with Crippen molar-refractivity contribution in [2.45, 2.75) is 13.8 Å². The molecule has 1 aromatic heterocycles. The Hall–Kier alpha value is -2.93. The van der Waals surface area contributed by atoms with Crippen molar-refractivity contribution in [2.75, 3.05) is 0 Å². The second-order valence-corrected chi connectivity index (χ2v) is 5.66. The Labute approximate surface area is 164 Å². The number of carbonyl (C=O) groups is 1. The quantitative estimate of drug-likeness (QED) is 0.278. The molecule has 0 spiro atoms. The van der Waals surface area contributed by atoms with E-state index in [4.69, 9.17) is 14.6 Å². The molecule has 0 amide bonds. The van der Waals surface area contributed by atoms with Crippen LogP contribution in [0.25, 0.3) is 11.0 Å². The maximum Gasteiger partial charge on any atom is 2.00 e. The number of carbonyl (C=O) groups excluding carboxylic acids is 1. The van der Waals surface area contributed by atoms with Gasteiger partial charge < -0.3 is 20.1 Å². The Morgan fingerprint density at radius 1 is 1.15 bits per heavy atom. The summed E-state index contributed by atoms with van der Waals surface area (Å²) in [4.78, 5) is 27.6. The van der Waals surface area contributed by atoms with E-state index < -0.39 is 11.6 Å². The van der Waals surface area contributed by atoms with Crippen LogP contribution in [0.2, 0.25) is 0 Å². The Bertz CT molecular complexity index is 1090. The molecule has 0 aliphatic rings. The predicted octanol–water partition coefficient (Wildman–Crippen LogP) is 2.37. The van der Waals surface area contributed by atoms with Gasteiger partial charge in [0.15, 0.2) is 5.58 Å². The zero-order valence-corrected chi connectivity index (χ0v) is 15.4. The Kier molecular flexibility index (Phi) is 7.07.